The Morgan fingerprint density at radius 2 is 1.78 bits per heavy atom. The maximum Gasteiger partial charge on any atom is 0.251 e. The van der Waals surface area contributed by atoms with Gasteiger partial charge in [0, 0.05) is 68.4 Å². The first-order valence-electron chi connectivity index (χ1n) is 11.9. The Bertz CT molecular complexity index is 1150. The number of fused-ring (bicyclic) bond motifs is 3. The SMILES string of the molecule is C[C@@H]1Cc2c([nH]c3ccc(F)cc23)CN1CC(F)F.FCCCN1CC(Oc2cc(F)cc(F)c2)C1.[HH]. The van der Waals surface area contributed by atoms with E-state index >= 15 is 0 Å². The fraction of sp³-hybridized carbons (Fsp3) is 0.462. The molecule has 0 unspecified atom stereocenters. The monoisotopic (exact) mass is 515 g/mol. The van der Waals surface area contributed by atoms with E-state index in [4.69, 9.17) is 4.74 Å². The molecule has 5 rings (SSSR count). The van der Waals surface area contributed by atoms with Gasteiger partial charge in [-0.15, -0.1) is 0 Å². The van der Waals surface area contributed by atoms with Crippen LogP contribution in [-0.4, -0.2) is 66.2 Å². The molecule has 36 heavy (non-hydrogen) atoms. The lowest BCUT2D eigenvalue weighted by molar-refractivity contribution is 0.0181. The first-order valence-corrected chi connectivity index (χ1v) is 11.9. The lowest BCUT2D eigenvalue weighted by Crippen LogP contribution is -2.53. The number of hydrogen-bond donors (Lipinski definition) is 1. The summed E-state index contributed by atoms with van der Waals surface area (Å²) >= 11 is 0. The molecule has 2 aliphatic heterocycles. The Kier molecular flexibility index (Phi) is 8.46. The highest BCUT2D eigenvalue weighted by Crippen LogP contribution is 2.31. The normalized spacial score (nSPS) is 18.6. The fourth-order valence-electron chi connectivity index (χ4n) is 4.70. The number of rotatable bonds is 7. The van der Waals surface area contributed by atoms with E-state index in [9.17, 15) is 26.3 Å². The highest BCUT2D eigenvalue weighted by atomic mass is 19.3. The van der Waals surface area contributed by atoms with Crippen LogP contribution in [0.1, 0.15) is 26.0 Å². The minimum absolute atomic E-state index is 0. The van der Waals surface area contributed by atoms with Crippen LogP contribution in [0.15, 0.2) is 36.4 Å². The maximum atomic E-state index is 13.3. The van der Waals surface area contributed by atoms with Crippen molar-refractivity contribution in [1.82, 2.24) is 14.8 Å². The van der Waals surface area contributed by atoms with E-state index in [2.05, 4.69) is 4.98 Å². The molecule has 1 aromatic heterocycles. The number of nitrogens with one attached hydrogen (secondary N) is 1. The minimum Gasteiger partial charge on any atom is -0.488 e. The van der Waals surface area contributed by atoms with Crippen LogP contribution in [0.3, 0.4) is 0 Å². The molecule has 3 aromatic rings. The first kappa shape index (κ1) is 26.3. The van der Waals surface area contributed by atoms with E-state index in [0.717, 1.165) is 40.4 Å². The van der Waals surface area contributed by atoms with Crippen molar-refractivity contribution in [2.24, 2.45) is 0 Å². The van der Waals surface area contributed by atoms with Crippen molar-refractivity contribution in [3.05, 3.63) is 65.1 Å². The predicted molar refractivity (Wildman–Crippen MR) is 128 cm³/mol. The molecular formula is C26H31F6N3O. The summed E-state index contributed by atoms with van der Waals surface area (Å²) in [4.78, 5) is 7.02. The quantitative estimate of drug-likeness (QED) is 0.395. The highest BCUT2D eigenvalue weighted by molar-refractivity contribution is 5.85. The Morgan fingerprint density at radius 3 is 2.44 bits per heavy atom. The molecule has 1 fully saturated rings. The molecule has 0 saturated carbocycles. The molecule has 0 spiro atoms. The van der Waals surface area contributed by atoms with Crippen molar-refractivity contribution in [3.8, 4) is 5.75 Å². The van der Waals surface area contributed by atoms with Crippen molar-refractivity contribution in [1.29, 1.82) is 0 Å². The molecule has 2 aromatic carbocycles. The summed E-state index contributed by atoms with van der Waals surface area (Å²) in [6, 6.07) is 7.79. The summed E-state index contributed by atoms with van der Waals surface area (Å²) in [7, 11) is 0. The molecule has 2 aliphatic rings. The van der Waals surface area contributed by atoms with Crippen LogP contribution in [0.25, 0.3) is 10.9 Å². The molecule has 0 amide bonds. The van der Waals surface area contributed by atoms with Crippen molar-refractivity contribution in [3.63, 3.8) is 0 Å². The minimum atomic E-state index is -2.33. The van der Waals surface area contributed by atoms with E-state index < -0.39 is 18.1 Å². The van der Waals surface area contributed by atoms with Crippen LogP contribution >= 0.6 is 0 Å². The van der Waals surface area contributed by atoms with Gasteiger partial charge in [-0.3, -0.25) is 14.2 Å². The van der Waals surface area contributed by atoms with Gasteiger partial charge in [-0.25, -0.2) is 22.0 Å². The van der Waals surface area contributed by atoms with Gasteiger partial charge in [0.15, 0.2) is 0 Å². The number of aromatic amines is 1. The molecule has 1 N–H and O–H groups in total. The van der Waals surface area contributed by atoms with E-state index in [1.807, 2.05) is 11.8 Å². The van der Waals surface area contributed by atoms with Crippen LogP contribution in [0, 0.1) is 17.5 Å². The first-order chi connectivity index (χ1) is 17.2. The summed E-state index contributed by atoms with van der Waals surface area (Å²) in [6.45, 7) is 3.92. The molecule has 4 nitrogen and oxygen atoms in total. The average molecular weight is 516 g/mol. The predicted octanol–water partition coefficient (Wildman–Crippen LogP) is 5.95. The van der Waals surface area contributed by atoms with Crippen LogP contribution in [-0.2, 0) is 13.0 Å². The number of halogens is 6. The van der Waals surface area contributed by atoms with Gasteiger partial charge < -0.3 is 9.72 Å². The summed E-state index contributed by atoms with van der Waals surface area (Å²) in [5, 5.41) is 0.874. The summed E-state index contributed by atoms with van der Waals surface area (Å²) in [5.41, 5.74) is 2.87. The second-order valence-corrected chi connectivity index (χ2v) is 9.29. The molecule has 3 heterocycles. The molecule has 0 bridgehead atoms. The van der Waals surface area contributed by atoms with Gasteiger partial charge >= 0.3 is 0 Å². The second-order valence-electron chi connectivity index (χ2n) is 9.29. The third kappa shape index (κ3) is 6.53. The van der Waals surface area contributed by atoms with Gasteiger partial charge in [-0.05, 0) is 43.5 Å². The van der Waals surface area contributed by atoms with Gasteiger partial charge in [-0.1, -0.05) is 0 Å². The average Bonchev–Trinajstić information content (AvgIpc) is 3.11. The topological polar surface area (TPSA) is 31.5 Å². The van der Waals surface area contributed by atoms with E-state index in [1.165, 1.54) is 12.1 Å². The molecule has 198 valence electrons. The van der Waals surface area contributed by atoms with Crippen LogP contribution < -0.4 is 4.74 Å². The number of nitrogens with zero attached hydrogens (tertiary/aromatic N) is 2. The highest BCUT2D eigenvalue weighted by Gasteiger charge is 2.29. The second kappa shape index (κ2) is 11.6. The van der Waals surface area contributed by atoms with Gasteiger partial charge in [-0.2, -0.15) is 0 Å². The zero-order valence-electron chi connectivity index (χ0n) is 19.9. The van der Waals surface area contributed by atoms with Crippen LogP contribution in [0.4, 0.5) is 26.3 Å². The molecule has 0 radical (unpaired) electrons. The molecule has 1 saturated heterocycles. The molecule has 0 aliphatic carbocycles. The number of hydrogen-bond acceptors (Lipinski definition) is 3. The standard InChI is InChI=1S/C14H15F3N2.C12H14F3NO.H2/c1-8-4-10-11-5-9(15)2-3-12(11)18-13(10)6-19(8)7-14(16)17;13-2-1-3-16-7-12(8-16)17-11-5-9(14)4-10(15)6-11;/h2-3,5,8,14,18H,4,6-7H2,1H3;4-6,12H,1-3,7-8H2;1H/t8-;;/m1../s1. The number of alkyl halides is 3. The number of ether oxygens (including phenoxy) is 1. The summed E-state index contributed by atoms with van der Waals surface area (Å²) in [6.07, 6.45) is -1.20. The number of aromatic nitrogens is 1. The summed E-state index contributed by atoms with van der Waals surface area (Å²) < 4.78 is 81.4. The lowest BCUT2D eigenvalue weighted by Gasteiger charge is -2.38. The van der Waals surface area contributed by atoms with Gasteiger partial charge in [0.1, 0.15) is 29.3 Å². The molecule has 10 heteroatoms. The Balaban J connectivity index is 0.000000201. The van der Waals surface area contributed by atoms with Crippen molar-refractivity contribution < 1.29 is 32.5 Å². The lowest BCUT2D eigenvalue weighted by atomic mass is 9.98. The Labute approximate surface area is 207 Å². The van der Waals surface area contributed by atoms with Gasteiger partial charge in [0.25, 0.3) is 6.43 Å². The van der Waals surface area contributed by atoms with Gasteiger partial charge in [0.05, 0.1) is 13.2 Å². The van der Waals surface area contributed by atoms with Crippen LogP contribution in [0.5, 0.6) is 5.75 Å². The number of H-pyrrole nitrogens is 1. The van der Waals surface area contributed by atoms with E-state index in [-0.39, 0.29) is 38.4 Å². The van der Waals surface area contributed by atoms with Crippen molar-refractivity contribution in [2.75, 3.05) is 32.9 Å². The van der Waals surface area contributed by atoms with Crippen LogP contribution in [0.2, 0.25) is 0 Å². The Hall–Kier alpha value is -2.72. The number of benzene rings is 2. The van der Waals surface area contributed by atoms with Crippen molar-refractivity contribution in [2.45, 2.75) is 44.9 Å². The molecule has 1 atom stereocenters. The molecular weight excluding hydrogens is 484 g/mol. The third-order valence-corrected chi connectivity index (χ3v) is 6.48. The maximum absolute atomic E-state index is 13.3. The van der Waals surface area contributed by atoms with E-state index in [1.54, 1.807) is 11.0 Å². The Morgan fingerprint density at radius 1 is 1.06 bits per heavy atom. The smallest absolute Gasteiger partial charge is 0.251 e. The third-order valence-electron chi connectivity index (χ3n) is 6.48. The fourth-order valence-corrected chi connectivity index (χ4v) is 4.70. The largest absolute Gasteiger partial charge is 0.488 e. The van der Waals surface area contributed by atoms with Gasteiger partial charge in [0.2, 0.25) is 0 Å². The van der Waals surface area contributed by atoms with E-state index in [0.29, 0.717) is 39.0 Å². The number of likely N-dealkylation sites (tertiary alicyclic amines) is 1. The summed E-state index contributed by atoms with van der Waals surface area (Å²) in [5.74, 6) is -1.35. The zero-order chi connectivity index (χ0) is 25.8. The zero-order valence-corrected chi connectivity index (χ0v) is 19.9. The van der Waals surface area contributed by atoms with Crippen molar-refractivity contribution >= 4 is 10.9 Å².